The van der Waals surface area contributed by atoms with Gasteiger partial charge < -0.3 is 9.84 Å². The smallest absolute Gasteiger partial charge is 0.331 e. The van der Waals surface area contributed by atoms with E-state index in [1.54, 1.807) is 20.0 Å². The molecule has 6 nitrogen and oxygen atoms in total. The molecular formula is C28H37NO5. The number of carboxylic acid groups (broad SMARTS) is 1. The summed E-state index contributed by atoms with van der Waals surface area (Å²) in [6.07, 6.45) is 13.9. The highest BCUT2D eigenvalue weighted by Gasteiger charge is 2.31. The van der Waals surface area contributed by atoms with Crippen LogP contribution in [0.4, 0.5) is 0 Å². The minimum atomic E-state index is -1.07. The summed E-state index contributed by atoms with van der Waals surface area (Å²) in [7, 11) is 0. The van der Waals surface area contributed by atoms with Gasteiger partial charge in [0, 0.05) is 34.7 Å². The van der Waals surface area contributed by atoms with Gasteiger partial charge in [0.05, 0.1) is 6.61 Å². The minimum Gasteiger partial charge on any atom is -0.489 e. The third-order valence-electron chi connectivity index (χ3n) is 6.10. The molecule has 2 rings (SSSR count). The van der Waals surface area contributed by atoms with Gasteiger partial charge in [-0.2, -0.15) is 0 Å². The highest BCUT2D eigenvalue weighted by molar-refractivity contribution is 6.25. The molecule has 0 unspecified atom stereocenters. The second-order valence-corrected chi connectivity index (χ2v) is 8.81. The minimum absolute atomic E-state index is 0.0542. The second kappa shape index (κ2) is 14.3. The summed E-state index contributed by atoms with van der Waals surface area (Å²) in [4.78, 5) is 41.8. The second-order valence-electron chi connectivity index (χ2n) is 8.81. The molecule has 0 aromatic carbocycles. The Hall–Kier alpha value is -3.02. The maximum absolute atomic E-state index is 13.1. The van der Waals surface area contributed by atoms with Crippen molar-refractivity contribution in [3.05, 3.63) is 64.2 Å². The normalized spacial score (nSPS) is 14.7. The van der Waals surface area contributed by atoms with E-state index in [0.29, 0.717) is 25.0 Å². The molecule has 0 atom stereocenters. The number of nitrogens with zero attached hydrogens (tertiary/aromatic N) is 1. The maximum Gasteiger partial charge on any atom is 0.331 e. The SMILES string of the molecule is CCCCCCCOC1=C(C)C(=O)C(C)=C(/C=C(\CCCCCc2cccnc2)C(=O)O)C1=O. The predicted octanol–water partition coefficient (Wildman–Crippen LogP) is 5.92. The molecule has 0 radical (unpaired) electrons. The maximum atomic E-state index is 13.1. The molecule has 0 spiro atoms. The van der Waals surface area contributed by atoms with E-state index >= 15 is 0 Å². The molecule has 0 saturated carbocycles. The Balaban J connectivity index is 2.00. The molecule has 0 bridgehead atoms. The van der Waals surface area contributed by atoms with Crippen LogP contribution in [-0.2, 0) is 25.5 Å². The largest absolute Gasteiger partial charge is 0.489 e. The first-order chi connectivity index (χ1) is 16.4. The van der Waals surface area contributed by atoms with Gasteiger partial charge in [0.15, 0.2) is 11.5 Å². The van der Waals surface area contributed by atoms with Crippen LogP contribution in [0.3, 0.4) is 0 Å². The van der Waals surface area contributed by atoms with Gasteiger partial charge in [0.25, 0.3) is 0 Å². The molecule has 1 aromatic rings. The number of unbranched alkanes of at least 4 members (excludes halogenated alkanes) is 6. The van der Waals surface area contributed by atoms with Crippen molar-refractivity contribution in [1.29, 1.82) is 0 Å². The standard InChI is InChI=1S/C28H37NO5/c1-4-5-6-7-11-17-34-27-21(3)25(30)20(2)24(26(27)31)18-23(28(32)33)15-10-8-9-13-22-14-12-16-29-19-22/h12,14,16,18-19H,4-11,13,15,17H2,1-3H3,(H,32,33)/b23-18+. The van der Waals surface area contributed by atoms with E-state index in [1.807, 2.05) is 18.3 Å². The third kappa shape index (κ3) is 8.08. The van der Waals surface area contributed by atoms with Crippen molar-refractivity contribution in [2.45, 2.75) is 85.0 Å². The average molecular weight is 468 g/mol. The first kappa shape index (κ1) is 27.2. The first-order valence-corrected chi connectivity index (χ1v) is 12.3. The lowest BCUT2D eigenvalue weighted by atomic mass is 9.88. The van der Waals surface area contributed by atoms with Crippen LogP contribution in [0.1, 0.15) is 84.1 Å². The van der Waals surface area contributed by atoms with Crippen LogP contribution in [0.15, 0.2) is 58.7 Å². The molecule has 1 aromatic heterocycles. The fourth-order valence-corrected chi connectivity index (χ4v) is 3.98. The molecule has 0 amide bonds. The lowest BCUT2D eigenvalue weighted by Gasteiger charge is -2.20. The Morgan fingerprint density at radius 1 is 1.00 bits per heavy atom. The highest BCUT2D eigenvalue weighted by atomic mass is 16.5. The first-order valence-electron chi connectivity index (χ1n) is 12.3. The number of rotatable bonds is 15. The number of aryl methyl sites for hydroxylation is 1. The number of carbonyl (C=O) groups excluding carboxylic acids is 2. The Morgan fingerprint density at radius 3 is 2.41 bits per heavy atom. The number of carboxylic acids is 1. The molecule has 1 heterocycles. The third-order valence-corrected chi connectivity index (χ3v) is 6.10. The number of ketones is 2. The zero-order valence-corrected chi connectivity index (χ0v) is 20.7. The van der Waals surface area contributed by atoms with Crippen molar-refractivity contribution in [2.24, 2.45) is 0 Å². The summed E-state index contributed by atoms with van der Waals surface area (Å²) in [6, 6.07) is 3.93. The van der Waals surface area contributed by atoms with Gasteiger partial charge in [-0.3, -0.25) is 14.6 Å². The summed E-state index contributed by atoms with van der Waals surface area (Å²) in [5.41, 5.74) is 1.98. The van der Waals surface area contributed by atoms with Crippen molar-refractivity contribution >= 4 is 17.5 Å². The van der Waals surface area contributed by atoms with E-state index in [4.69, 9.17) is 4.74 Å². The number of ether oxygens (including phenoxy) is 1. The van der Waals surface area contributed by atoms with Crippen LogP contribution in [0, 0.1) is 0 Å². The van der Waals surface area contributed by atoms with E-state index < -0.39 is 11.8 Å². The van der Waals surface area contributed by atoms with Crippen molar-refractivity contribution in [1.82, 2.24) is 4.98 Å². The molecule has 6 heteroatoms. The van der Waals surface area contributed by atoms with Crippen molar-refractivity contribution in [3.8, 4) is 0 Å². The number of hydrogen-bond acceptors (Lipinski definition) is 5. The number of allylic oxidation sites excluding steroid dienone is 4. The zero-order chi connectivity index (χ0) is 24.9. The highest BCUT2D eigenvalue weighted by Crippen LogP contribution is 2.28. The molecule has 34 heavy (non-hydrogen) atoms. The van der Waals surface area contributed by atoms with Gasteiger partial charge in [-0.15, -0.1) is 0 Å². The number of carbonyl (C=O) groups is 3. The number of pyridine rings is 1. The average Bonchev–Trinajstić information content (AvgIpc) is 2.83. The van der Waals surface area contributed by atoms with Crippen LogP contribution in [0.2, 0.25) is 0 Å². The Labute approximate surface area is 202 Å². The summed E-state index contributed by atoms with van der Waals surface area (Å²) < 4.78 is 5.73. The quantitative estimate of drug-likeness (QED) is 0.195. The molecule has 0 saturated heterocycles. The fourth-order valence-electron chi connectivity index (χ4n) is 3.98. The molecule has 1 aliphatic carbocycles. The van der Waals surface area contributed by atoms with Crippen molar-refractivity contribution in [3.63, 3.8) is 0 Å². The molecule has 0 fully saturated rings. The topological polar surface area (TPSA) is 93.6 Å². The Kier molecular flexibility index (Phi) is 11.4. The van der Waals surface area contributed by atoms with Crippen LogP contribution in [0.25, 0.3) is 0 Å². The number of Topliss-reactive ketones (excluding diaryl/α,β-unsaturated/α-hetero) is 2. The molecule has 0 aliphatic heterocycles. The lowest BCUT2D eigenvalue weighted by molar-refractivity contribution is -0.132. The monoisotopic (exact) mass is 467 g/mol. The molecule has 184 valence electrons. The van der Waals surface area contributed by atoms with Gasteiger partial charge in [-0.05, 0) is 63.7 Å². The summed E-state index contributed by atoms with van der Waals surface area (Å²) >= 11 is 0. The number of aliphatic carboxylic acids is 1. The predicted molar refractivity (Wildman–Crippen MR) is 132 cm³/mol. The van der Waals surface area contributed by atoms with Gasteiger partial charge in [-0.1, -0.05) is 45.1 Å². The van der Waals surface area contributed by atoms with Crippen molar-refractivity contribution < 1.29 is 24.2 Å². The van der Waals surface area contributed by atoms with Gasteiger partial charge in [0.2, 0.25) is 5.78 Å². The summed E-state index contributed by atoms with van der Waals surface area (Å²) in [5.74, 6) is -1.69. The van der Waals surface area contributed by atoms with E-state index in [-0.39, 0.29) is 28.3 Å². The van der Waals surface area contributed by atoms with E-state index in [1.165, 1.54) is 6.08 Å². The molecule has 1 N–H and O–H groups in total. The number of hydrogen-bond donors (Lipinski definition) is 1. The number of aromatic nitrogens is 1. The van der Waals surface area contributed by atoms with Crippen LogP contribution in [-0.4, -0.2) is 34.2 Å². The van der Waals surface area contributed by atoms with Gasteiger partial charge in [-0.25, -0.2) is 4.79 Å². The van der Waals surface area contributed by atoms with Crippen LogP contribution in [0.5, 0.6) is 0 Å². The Bertz CT molecular complexity index is 956. The van der Waals surface area contributed by atoms with Crippen molar-refractivity contribution in [2.75, 3.05) is 6.61 Å². The molecule has 1 aliphatic rings. The van der Waals surface area contributed by atoms with E-state index in [0.717, 1.165) is 56.9 Å². The van der Waals surface area contributed by atoms with Gasteiger partial charge in [0.1, 0.15) is 0 Å². The summed E-state index contributed by atoms with van der Waals surface area (Å²) in [6.45, 7) is 5.68. The van der Waals surface area contributed by atoms with Crippen LogP contribution < -0.4 is 0 Å². The summed E-state index contributed by atoms with van der Waals surface area (Å²) in [5, 5.41) is 9.70. The fraction of sp³-hybridized carbons (Fsp3) is 0.500. The van der Waals surface area contributed by atoms with E-state index in [9.17, 15) is 19.5 Å². The Morgan fingerprint density at radius 2 is 1.74 bits per heavy atom. The van der Waals surface area contributed by atoms with Gasteiger partial charge >= 0.3 is 5.97 Å². The zero-order valence-electron chi connectivity index (χ0n) is 20.7. The van der Waals surface area contributed by atoms with Crippen LogP contribution >= 0.6 is 0 Å². The molecular weight excluding hydrogens is 430 g/mol. The lowest BCUT2D eigenvalue weighted by Crippen LogP contribution is -2.23. The van der Waals surface area contributed by atoms with E-state index in [2.05, 4.69) is 11.9 Å².